The van der Waals surface area contributed by atoms with Crippen LogP contribution in [-0.2, 0) is 20.7 Å². The molecule has 0 heterocycles. The maximum Gasteiger partial charge on any atom is 0.305 e. The highest BCUT2D eigenvalue weighted by Gasteiger charge is 2.11. The molecule has 0 aliphatic heterocycles. The molecule has 0 unspecified atom stereocenters. The molecule has 0 fully saturated rings. The summed E-state index contributed by atoms with van der Waals surface area (Å²) in [7, 11) is 1.38. The first-order valence-electron chi connectivity index (χ1n) is 7.69. The Labute approximate surface area is 142 Å². The number of halogens is 1. The Morgan fingerprint density at radius 2 is 2.04 bits per heavy atom. The summed E-state index contributed by atoms with van der Waals surface area (Å²) in [4.78, 5) is 21.9. The molecule has 1 amide bonds. The van der Waals surface area contributed by atoms with Gasteiger partial charge in [0, 0.05) is 12.8 Å². The fraction of sp³-hybridized carbons (Fsp3) is 0.529. The first-order valence-corrected chi connectivity index (χ1v) is 8.07. The number of amides is 1. The van der Waals surface area contributed by atoms with Crippen LogP contribution in [-0.4, -0.2) is 25.6 Å². The molecular weight excluding hydrogens is 318 g/mol. The molecule has 0 saturated carbocycles. The van der Waals surface area contributed by atoms with Gasteiger partial charge in [-0.15, -0.1) is 0 Å². The van der Waals surface area contributed by atoms with Gasteiger partial charge in [0.25, 0.3) is 0 Å². The third-order valence-electron chi connectivity index (χ3n) is 3.50. The second kappa shape index (κ2) is 10.1. The normalized spacial score (nSPS) is 11.8. The van der Waals surface area contributed by atoms with E-state index in [-0.39, 0.29) is 17.8 Å². The third kappa shape index (κ3) is 7.37. The molecule has 1 rings (SSSR count). The second-order valence-corrected chi connectivity index (χ2v) is 5.96. The van der Waals surface area contributed by atoms with Gasteiger partial charge in [-0.2, -0.15) is 0 Å². The molecule has 0 saturated heterocycles. The minimum Gasteiger partial charge on any atom is -0.492 e. The van der Waals surface area contributed by atoms with E-state index < -0.39 is 0 Å². The van der Waals surface area contributed by atoms with Gasteiger partial charge < -0.3 is 15.2 Å². The van der Waals surface area contributed by atoms with Gasteiger partial charge in [0.05, 0.1) is 18.7 Å². The monoisotopic (exact) mass is 341 g/mol. The van der Waals surface area contributed by atoms with Crippen molar-refractivity contribution in [3.63, 3.8) is 0 Å². The summed E-state index contributed by atoms with van der Waals surface area (Å²) >= 11 is 6.35. The van der Waals surface area contributed by atoms with Crippen molar-refractivity contribution in [2.24, 2.45) is 11.7 Å². The summed E-state index contributed by atoms with van der Waals surface area (Å²) in [5.74, 6) is 0.300. The molecule has 0 bridgehead atoms. The smallest absolute Gasteiger partial charge is 0.305 e. The van der Waals surface area contributed by atoms with E-state index in [4.69, 9.17) is 22.1 Å². The van der Waals surface area contributed by atoms with Crippen molar-refractivity contribution in [2.75, 3.05) is 13.7 Å². The van der Waals surface area contributed by atoms with Gasteiger partial charge in [0.2, 0.25) is 5.91 Å². The van der Waals surface area contributed by atoms with Crippen LogP contribution < -0.4 is 10.5 Å². The number of hydrogen-bond acceptors (Lipinski definition) is 4. The first kappa shape index (κ1) is 19.3. The number of benzene rings is 1. The summed E-state index contributed by atoms with van der Waals surface area (Å²) in [5.41, 5.74) is 6.08. The van der Waals surface area contributed by atoms with E-state index in [2.05, 4.69) is 4.74 Å². The molecule has 23 heavy (non-hydrogen) atoms. The summed E-state index contributed by atoms with van der Waals surface area (Å²) in [6, 6.07) is 5.61. The van der Waals surface area contributed by atoms with Gasteiger partial charge in [0.1, 0.15) is 5.75 Å². The van der Waals surface area contributed by atoms with E-state index in [0.717, 1.165) is 5.56 Å². The van der Waals surface area contributed by atoms with Gasteiger partial charge in [-0.05, 0) is 36.8 Å². The van der Waals surface area contributed by atoms with Crippen molar-refractivity contribution in [1.29, 1.82) is 0 Å². The van der Waals surface area contributed by atoms with Gasteiger partial charge in [-0.3, -0.25) is 9.59 Å². The van der Waals surface area contributed by atoms with Gasteiger partial charge >= 0.3 is 5.97 Å². The lowest BCUT2D eigenvalue weighted by atomic mass is 10.1. The zero-order valence-electron chi connectivity index (χ0n) is 13.6. The highest BCUT2D eigenvalue weighted by molar-refractivity contribution is 6.32. The van der Waals surface area contributed by atoms with Crippen molar-refractivity contribution in [3.8, 4) is 5.75 Å². The van der Waals surface area contributed by atoms with Crippen molar-refractivity contribution in [3.05, 3.63) is 28.8 Å². The lowest BCUT2D eigenvalue weighted by molar-refractivity contribution is -0.140. The predicted molar refractivity (Wildman–Crippen MR) is 89.5 cm³/mol. The molecule has 2 N–H and O–H groups in total. The number of esters is 1. The molecule has 1 atom stereocenters. The fourth-order valence-corrected chi connectivity index (χ4v) is 2.37. The Morgan fingerprint density at radius 1 is 1.30 bits per heavy atom. The zero-order chi connectivity index (χ0) is 17.2. The van der Waals surface area contributed by atoms with Crippen molar-refractivity contribution < 1.29 is 19.1 Å². The number of hydrogen-bond donors (Lipinski definition) is 1. The molecule has 5 nitrogen and oxygen atoms in total. The van der Waals surface area contributed by atoms with Crippen LogP contribution in [0.4, 0.5) is 0 Å². The number of primary amides is 1. The van der Waals surface area contributed by atoms with E-state index in [0.29, 0.717) is 49.5 Å². The van der Waals surface area contributed by atoms with Gasteiger partial charge in [0.15, 0.2) is 0 Å². The highest BCUT2D eigenvalue weighted by Crippen LogP contribution is 2.29. The predicted octanol–water partition coefficient (Wildman–Crippen LogP) is 3.12. The average Bonchev–Trinajstić information content (AvgIpc) is 2.53. The third-order valence-corrected chi connectivity index (χ3v) is 3.93. The molecule has 6 heteroatoms. The highest BCUT2D eigenvalue weighted by atomic mass is 35.5. The standard InChI is InChI=1S/C17H24ClNO4/c1-12(9-10-15(19)20)11-23-14-7-3-5-13(17(14)18)6-4-8-16(21)22-2/h3,5,7,12H,4,6,8-11H2,1-2H3,(H2,19,20)/t12-/m0/s1. The number of methoxy groups -OCH3 is 1. The molecule has 0 aliphatic rings. The average molecular weight is 342 g/mol. The summed E-state index contributed by atoms with van der Waals surface area (Å²) in [5, 5.41) is 0.569. The van der Waals surface area contributed by atoms with Crippen molar-refractivity contribution in [2.45, 2.75) is 39.0 Å². The van der Waals surface area contributed by atoms with Crippen LogP contribution in [0.25, 0.3) is 0 Å². The molecular formula is C17H24ClNO4. The number of carbonyl (C=O) groups is 2. The molecule has 128 valence electrons. The zero-order valence-corrected chi connectivity index (χ0v) is 14.4. The fourth-order valence-electron chi connectivity index (χ4n) is 2.09. The van der Waals surface area contributed by atoms with E-state index in [9.17, 15) is 9.59 Å². The van der Waals surface area contributed by atoms with Crippen LogP contribution in [0.15, 0.2) is 18.2 Å². The largest absolute Gasteiger partial charge is 0.492 e. The Balaban J connectivity index is 2.51. The van der Waals surface area contributed by atoms with Crippen LogP contribution >= 0.6 is 11.6 Å². The van der Waals surface area contributed by atoms with Gasteiger partial charge in [-0.1, -0.05) is 30.7 Å². The summed E-state index contributed by atoms with van der Waals surface area (Å²) in [6.07, 6.45) is 2.76. The minimum atomic E-state index is -0.303. The maximum atomic E-state index is 11.1. The molecule has 0 aliphatic carbocycles. The van der Waals surface area contributed by atoms with Crippen LogP contribution in [0.2, 0.25) is 5.02 Å². The van der Waals surface area contributed by atoms with Crippen LogP contribution in [0.3, 0.4) is 0 Å². The Kier molecular flexibility index (Phi) is 8.48. The summed E-state index contributed by atoms with van der Waals surface area (Å²) in [6.45, 7) is 2.47. The van der Waals surface area contributed by atoms with Crippen LogP contribution in [0.5, 0.6) is 5.75 Å². The molecule has 0 radical (unpaired) electrons. The minimum absolute atomic E-state index is 0.210. The summed E-state index contributed by atoms with van der Waals surface area (Å²) < 4.78 is 10.4. The number of rotatable bonds is 10. The Hall–Kier alpha value is -1.75. The van der Waals surface area contributed by atoms with Crippen molar-refractivity contribution >= 4 is 23.5 Å². The maximum absolute atomic E-state index is 11.1. The van der Waals surface area contributed by atoms with E-state index in [1.54, 1.807) is 0 Å². The Bertz CT molecular complexity index is 533. The van der Waals surface area contributed by atoms with E-state index >= 15 is 0 Å². The van der Waals surface area contributed by atoms with Crippen molar-refractivity contribution in [1.82, 2.24) is 0 Å². The first-order chi connectivity index (χ1) is 10.9. The van der Waals surface area contributed by atoms with Gasteiger partial charge in [-0.25, -0.2) is 0 Å². The molecule has 1 aromatic carbocycles. The molecule has 1 aromatic rings. The van der Waals surface area contributed by atoms with Crippen LogP contribution in [0.1, 0.15) is 38.2 Å². The SMILES string of the molecule is COC(=O)CCCc1cccc(OC[C@@H](C)CCC(N)=O)c1Cl. The topological polar surface area (TPSA) is 78.6 Å². The number of ether oxygens (including phenoxy) is 2. The number of aryl methyl sites for hydroxylation is 1. The van der Waals surface area contributed by atoms with E-state index in [1.807, 2.05) is 25.1 Å². The molecule has 0 aromatic heterocycles. The number of carbonyl (C=O) groups excluding carboxylic acids is 2. The van der Waals surface area contributed by atoms with E-state index in [1.165, 1.54) is 7.11 Å². The quantitative estimate of drug-likeness (QED) is 0.663. The lowest BCUT2D eigenvalue weighted by Crippen LogP contribution is -2.15. The van der Waals surface area contributed by atoms with Crippen LogP contribution in [0, 0.1) is 5.92 Å². The number of nitrogens with two attached hydrogens (primary N) is 1. The Morgan fingerprint density at radius 3 is 2.70 bits per heavy atom. The second-order valence-electron chi connectivity index (χ2n) is 5.58. The lowest BCUT2D eigenvalue weighted by Gasteiger charge is -2.15. The molecule has 0 spiro atoms.